The van der Waals surface area contributed by atoms with E-state index in [0.717, 1.165) is 26.1 Å². The third-order valence-electron chi connectivity index (χ3n) is 3.14. The highest BCUT2D eigenvalue weighted by molar-refractivity contribution is 5.67. The number of rotatable bonds is 4. The summed E-state index contributed by atoms with van der Waals surface area (Å²) in [4.78, 5) is 10.7. The minimum Gasteiger partial charge on any atom is -0.481 e. The van der Waals surface area contributed by atoms with Crippen LogP contribution in [0.5, 0.6) is 0 Å². The van der Waals surface area contributed by atoms with Gasteiger partial charge in [0.1, 0.15) is 0 Å². The van der Waals surface area contributed by atoms with Crippen LogP contribution in [-0.2, 0) is 9.53 Å². The molecule has 1 saturated heterocycles. The zero-order valence-corrected chi connectivity index (χ0v) is 9.03. The van der Waals surface area contributed by atoms with Gasteiger partial charge in [-0.05, 0) is 30.6 Å². The number of carbonyl (C=O) groups is 1. The van der Waals surface area contributed by atoms with Crippen LogP contribution in [0.4, 0.5) is 0 Å². The highest BCUT2D eigenvalue weighted by Gasteiger charge is 2.28. The molecule has 0 aliphatic carbocycles. The fourth-order valence-electron chi connectivity index (χ4n) is 2.29. The van der Waals surface area contributed by atoms with Gasteiger partial charge in [-0.3, -0.25) is 4.79 Å². The van der Waals surface area contributed by atoms with E-state index in [1.165, 1.54) is 0 Å². The van der Waals surface area contributed by atoms with E-state index < -0.39 is 5.97 Å². The number of ether oxygens (including phenoxy) is 1. The van der Waals surface area contributed by atoms with E-state index in [2.05, 4.69) is 13.8 Å². The number of carboxylic acid groups (broad SMARTS) is 1. The fourth-order valence-corrected chi connectivity index (χ4v) is 2.29. The minimum atomic E-state index is -0.671. The third-order valence-corrected chi connectivity index (χ3v) is 3.14. The quantitative estimate of drug-likeness (QED) is 0.756. The molecule has 1 atom stereocenters. The van der Waals surface area contributed by atoms with Crippen molar-refractivity contribution in [2.24, 2.45) is 17.8 Å². The lowest BCUT2D eigenvalue weighted by atomic mass is 9.77. The first kappa shape index (κ1) is 11.5. The van der Waals surface area contributed by atoms with Crippen molar-refractivity contribution in [3.05, 3.63) is 0 Å². The Morgan fingerprint density at radius 1 is 1.43 bits per heavy atom. The average Bonchev–Trinajstić information content (AvgIpc) is 2.15. The van der Waals surface area contributed by atoms with Crippen LogP contribution in [0.3, 0.4) is 0 Å². The molecular weight excluding hydrogens is 180 g/mol. The van der Waals surface area contributed by atoms with Crippen molar-refractivity contribution >= 4 is 5.97 Å². The monoisotopic (exact) mass is 200 g/mol. The molecule has 1 fully saturated rings. The van der Waals surface area contributed by atoms with E-state index in [1.807, 2.05) is 0 Å². The minimum absolute atomic E-state index is 0.308. The second-order valence-electron chi connectivity index (χ2n) is 4.46. The maximum absolute atomic E-state index is 10.7. The zero-order valence-electron chi connectivity index (χ0n) is 9.03. The second-order valence-corrected chi connectivity index (χ2v) is 4.46. The van der Waals surface area contributed by atoms with Crippen LogP contribution >= 0.6 is 0 Å². The van der Waals surface area contributed by atoms with Gasteiger partial charge >= 0.3 is 5.97 Å². The fraction of sp³-hybridized carbons (Fsp3) is 0.909. The van der Waals surface area contributed by atoms with E-state index in [-0.39, 0.29) is 0 Å². The summed E-state index contributed by atoms with van der Waals surface area (Å²) in [7, 11) is 0. The molecule has 82 valence electrons. The lowest BCUT2D eigenvalue weighted by Gasteiger charge is -2.31. The second kappa shape index (κ2) is 5.35. The predicted molar refractivity (Wildman–Crippen MR) is 54.1 cm³/mol. The van der Waals surface area contributed by atoms with Crippen LogP contribution in [-0.4, -0.2) is 24.3 Å². The highest BCUT2D eigenvalue weighted by atomic mass is 16.5. The Kier molecular flexibility index (Phi) is 4.39. The number of carboxylic acids is 1. The van der Waals surface area contributed by atoms with Crippen LogP contribution in [0, 0.1) is 17.8 Å². The summed E-state index contributed by atoms with van der Waals surface area (Å²) in [6, 6.07) is 0. The molecule has 14 heavy (non-hydrogen) atoms. The smallest absolute Gasteiger partial charge is 0.303 e. The maximum Gasteiger partial charge on any atom is 0.303 e. The summed E-state index contributed by atoms with van der Waals surface area (Å²) in [6.45, 7) is 5.83. The van der Waals surface area contributed by atoms with Gasteiger partial charge in [0.25, 0.3) is 0 Å². The molecule has 3 nitrogen and oxygen atoms in total. The third kappa shape index (κ3) is 3.29. The normalized spacial score (nSPS) is 21.1. The van der Waals surface area contributed by atoms with Crippen LogP contribution in [0.25, 0.3) is 0 Å². The molecule has 0 aromatic heterocycles. The van der Waals surface area contributed by atoms with E-state index >= 15 is 0 Å². The Balaban J connectivity index is 2.51. The van der Waals surface area contributed by atoms with E-state index in [9.17, 15) is 4.79 Å². The maximum atomic E-state index is 10.7. The van der Waals surface area contributed by atoms with E-state index in [0.29, 0.717) is 24.2 Å². The molecule has 0 amide bonds. The van der Waals surface area contributed by atoms with Gasteiger partial charge in [0.15, 0.2) is 0 Å². The van der Waals surface area contributed by atoms with Gasteiger partial charge in [-0.25, -0.2) is 0 Å². The highest BCUT2D eigenvalue weighted by Crippen LogP contribution is 2.31. The number of aliphatic carboxylic acids is 1. The van der Waals surface area contributed by atoms with Crippen LogP contribution in [0.15, 0.2) is 0 Å². The van der Waals surface area contributed by atoms with Gasteiger partial charge in [-0.2, -0.15) is 0 Å². The molecule has 0 radical (unpaired) electrons. The first-order chi connectivity index (χ1) is 6.61. The van der Waals surface area contributed by atoms with Gasteiger partial charge in [-0.1, -0.05) is 13.8 Å². The Morgan fingerprint density at radius 2 is 2.00 bits per heavy atom. The van der Waals surface area contributed by atoms with Crippen LogP contribution < -0.4 is 0 Å². The summed E-state index contributed by atoms with van der Waals surface area (Å²) in [5, 5.41) is 8.83. The number of hydrogen-bond acceptors (Lipinski definition) is 2. The largest absolute Gasteiger partial charge is 0.481 e. The summed E-state index contributed by atoms with van der Waals surface area (Å²) in [6.07, 6.45) is 2.36. The van der Waals surface area contributed by atoms with E-state index in [4.69, 9.17) is 9.84 Å². The molecule has 0 spiro atoms. The van der Waals surface area contributed by atoms with Crippen LogP contribution in [0.1, 0.15) is 33.1 Å². The van der Waals surface area contributed by atoms with Crippen LogP contribution in [0.2, 0.25) is 0 Å². The van der Waals surface area contributed by atoms with Crippen molar-refractivity contribution in [1.82, 2.24) is 0 Å². The molecule has 1 unspecified atom stereocenters. The van der Waals surface area contributed by atoms with Crippen molar-refractivity contribution in [2.75, 3.05) is 13.2 Å². The predicted octanol–water partition coefficient (Wildman–Crippen LogP) is 2.16. The first-order valence-corrected chi connectivity index (χ1v) is 5.40. The van der Waals surface area contributed by atoms with Gasteiger partial charge in [0.2, 0.25) is 0 Å². The van der Waals surface area contributed by atoms with Crippen molar-refractivity contribution in [3.8, 4) is 0 Å². The molecular formula is C11H20O3. The van der Waals surface area contributed by atoms with Gasteiger partial charge in [-0.15, -0.1) is 0 Å². The Bertz CT molecular complexity index is 183. The molecule has 0 aromatic carbocycles. The lowest BCUT2D eigenvalue weighted by Crippen LogP contribution is -2.28. The standard InChI is InChI=1S/C11H20O3/c1-8(2)10(7-11(12)13)9-3-5-14-6-4-9/h8-10H,3-7H2,1-2H3,(H,12,13). The van der Waals surface area contributed by atoms with Crippen molar-refractivity contribution in [1.29, 1.82) is 0 Å². The van der Waals surface area contributed by atoms with Gasteiger partial charge < -0.3 is 9.84 Å². The van der Waals surface area contributed by atoms with Crippen molar-refractivity contribution in [3.63, 3.8) is 0 Å². The number of hydrogen-bond donors (Lipinski definition) is 1. The molecule has 1 aliphatic rings. The summed E-state index contributed by atoms with van der Waals surface area (Å²) in [5.74, 6) is 0.639. The molecule has 0 saturated carbocycles. The molecule has 0 aromatic rings. The zero-order chi connectivity index (χ0) is 10.6. The average molecular weight is 200 g/mol. The van der Waals surface area contributed by atoms with E-state index in [1.54, 1.807) is 0 Å². The van der Waals surface area contributed by atoms with Crippen molar-refractivity contribution < 1.29 is 14.6 Å². The molecule has 1 aliphatic heterocycles. The topological polar surface area (TPSA) is 46.5 Å². The molecule has 3 heteroatoms. The van der Waals surface area contributed by atoms with Crippen molar-refractivity contribution in [2.45, 2.75) is 33.1 Å². The first-order valence-electron chi connectivity index (χ1n) is 5.40. The lowest BCUT2D eigenvalue weighted by molar-refractivity contribution is -0.139. The summed E-state index contributed by atoms with van der Waals surface area (Å²) < 4.78 is 5.29. The SMILES string of the molecule is CC(C)C(CC(=O)O)C1CCOCC1. The molecule has 0 bridgehead atoms. The summed E-state index contributed by atoms with van der Waals surface area (Å²) >= 11 is 0. The molecule has 1 N–H and O–H groups in total. The van der Waals surface area contributed by atoms with Gasteiger partial charge in [0.05, 0.1) is 0 Å². The Hall–Kier alpha value is -0.570. The summed E-state index contributed by atoms with van der Waals surface area (Å²) in [5.41, 5.74) is 0. The molecule has 1 heterocycles. The Labute approximate surface area is 85.5 Å². The molecule has 1 rings (SSSR count). The van der Waals surface area contributed by atoms with Gasteiger partial charge in [0, 0.05) is 19.6 Å². The Morgan fingerprint density at radius 3 is 2.43 bits per heavy atom.